The van der Waals surface area contributed by atoms with E-state index in [0.29, 0.717) is 38.4 Å². The van der Waals surface area contributed by atoms with Crippen LogP contribution in [0.25, 0.3) is 21.1 Å². The molecule has 0 unspecified atom stereocenters. The van der Waals surface area contributed by atoms with Gasteiger partial charge in [0.15, 0.2) is 5.16 Å². The van der Waals surface area contributed by atoms with Crippen LogP contribution in [0.2, 0.25) is 5.02 Å². The minimum atomic E-state index is -0.261. The van der Waals surface area contributed by atoms with Gasteiger partial charge in [0, 0.05) is 10.1 Å². The summed E-state index contributed by atoms with van der Waals surface area (Å²) in [6.45, 7) is 0.305. The highest BCUT2D eigenvalue weighted by molar-refractivity contribution is 7.99. The third-order valence-corrected chi connectivity index (χ3v) is 7.44. The molecule has 0 saturated carbocycles. The van der Waals surface area contributed by atoms with Gasteiger partial charge < -0.3 is 9.73 Å². The zero-order valence-corrected chi connectivity index (χ0v) is 19.0. The summed E-state index contributed by atoms with van der Waals surface area (Å²) in [4.78, 5) is 31.0. The van der Waals surface area contributed by atoms with Gasteiger partial charge in [0.1, 0.15) is 10.6 Å². The number of amides is 1. The summed E-state index contributed by atoms with van der Waals surface area (Å²) in [6, 6.07) is 18.6. The molecular formula is C23H16ClN3O3S2. The summed E-state index contributed by atoms with van der Waals surface area (Å²) < 4.78 is 7.71. The van der Waals surface area contributed by atoms with E-state index in [2.05, 4.69) is 10.3 Å². The molecule has 5 aromatic rings. The quantitative estimate of drug-likeness (QED) is 0.320. The van der Waals surface area contributed by atoms with Gasteiger partial charge in [0.25, 0.3) is 5.91 Å². The Morgan fingerprint density at radius 2 is 1.91 bits per heavy atom. The second-order valence-electron chi connectivity index (χ2n) is 6.91. The maximum Gasteiger partial charge on any atom is 0.276 e. The lowest BCUT2D eigenvalue weighted by atomic mass is 10.2. The number of hydrogen-bond donors (Lipinski definition) is 1. The smallest absolute Gasteiger partial charge is 0.276 e. The van der Waals surface area contributed by atoms with Gasteiger partial charge in [-0.05, 0) is 30.3 Å². The number of benzene rings is 2. The van der Waals surface area contributed by atoms with E-state index in [1.54, 1.807) is 18.4 Å². The van der Waals surface area contributed by atoms with Crippen molar-refractivity contribution in [2.24, 2.45) is 0 Å². The molecule has 0 saturated heterocycles. The second kappa shape index (κ2) is 8.82. The molecule has 0 atom stereocenters. The minimum Gasteiger partial charge on any atom is -0.467 e. The van der Waals surface area contributed by atoms with Crippen molar-refractivity contribution < 1.29 is 14.0 Å². The zero-order valence-electron chi connectivity index (χ0n) is 16.6. The van der Waals surface area contributed by atoms with Gasteiger partial charge in [0.2, 0.25) is 5.91 Å². The molecule has 0 aliphatic heterocycles. The minimum absolute atomic E-state index is 0.109. The van der Waals surface area contributed by atoms with E-state index in [4.69, 9.17) is 16.0 Å². The van der Waals surface area contributed by atoms with Crippen molar-refractivity contribution >= 4 is 67.6 Å². The summed E-state index contributed by atoms with van der Waals surface area (Å²) >= 11 is 9.12. The molecule has 160 valence electrons. The summed E-state index contributed by atoms with van der Waals surface area (Å²) in [5, 5.41) is 4.52. The van der Waals surface area contributed by atoms with Crippen LogP contribution in [0, 0.1) is 0 Å². The van der Waals surface area contributed by atoms with Crippen LogP contribution >= 0.6 is 34.7 Å². The molecule has 32 heavy (non-hydrogen) atoms. The Morgan fingerprint density at radius 3 is 2.72 bits per heavy atom. The van der Waals surface area contributed by atoms with Crippen LogP contribution < -0.4 is 5.32 Å². The third-order valence-electron chi connectivity index (χ3n) is 4.83. The second-order valence-corrected chi connectivity index (χ2v) is 9.28. The first-order valence-electron chi connectivity index (χ1n) is 9.73. The van der Waals surface area contributed by atoms with Gasteiger partial charge in [-0.15, -0.1) is 11.3 Å². The number of furan rings is 1. The first-order valence-corrected chi connectivity index (χ1v) is 11.9. The van der Waals surface area contributed by atoms with Crippen molar-refractivity contribution in [3.05, 3.63) is 82.6 Å². The van der Waals surface area contributed by atoms with E-state index in [1.807, 2.05) is 48.5 Å². The SMILES string of the molecule is O=C(CSc1nc2ccccc2n1C(=O)c1sc2ccccc2c1Cl)NCc1ccco1. The number of rotatable bonds is 6. The lowest BCUT2D eigenvalue weighted by Crippen LogP contribution is -2.24. The van der Waals surface area contributed by atoms with Crippen LogP contribution in [0.3, 0.4) is 0 Å². The number of hydrogen-bond acceptors (Lipinski definition) is 6. The summed E-state index contributed by atoms with van der Waals surface area (Å²) in [5.41, 5.74) is 1.35. The molecule has 0 radical (unpaired) electrons. The topological polar surface area (TPSA) is 77.1 Å². The molecule has 5 rings (SSSR count). The number of imidazole rings is 1. The Morgan fingerprint density at radius 1 is 1.09 bits per heavy atom. The number of nitrogens with one attached hydrogen (secondary N) is 1. The van der Waals surface area contributed by atoms with E-state index < -0.39 is 0 Å². The number of aromatic nitrogens is 2. The molecule has 3 heterocycles. The van der Waals surface area contributed by atoms with E-state index in [0.717, 1.165) is 10.1 Å². The fourth-order valence-corrected chi connectivity index (χ4v) is 5.61. The van der Waals surface area contributed by atoms with Gasteiger partial charge in [-0.3, -0.25) is 14.2 Å². The number of nitrogens with zero attached hydrogens (tertiary/aromatic N) is 2. The standard InChI is InChI=1S/C23H16ClN3O3S2/c24-20-15-7-1-4-10-18(15)32-21(20)22(29)27-17-9-3-2-8-16(17)26-23(27)31-13-19(28)25-12-14-6-5-11-30-14/h1-11H,12-13H2,(H,25,28). The van der Waals surface area contributed by atoms with Gasteiger partial charge in [0.05, 0.1) is 34.6 Å². The highest BCUT2D eigenvalue weighted by Crippen LogP contribution is 2.37. The van der Waals surface area contributed by atoms with Crippen molar-refractivity contribution in [2.45, 2.75) is 11.7 Å². The largest absolute Gasteiger partial charge is 0.467 e. The molecule has 1 amide bonds. The van der Waals surface area contributed by atoms with Gasteiger partial charge in [-0.25, -0.2) is 4.98 Å². The van der Waals surface area contributed by atoms with Gasteiger partial charge in [-0.2, -0.15) is 0 Å². The predicted octanol–water partition coefficient (Wildman–Crippen LogP) is 5.59. The Hall–Kier alpha value is -3.07. The lowest BCUT2D eigenvalue weighted by molar-refractivity contribution is -0.118. The third kappa shape index (κ3) is 3.92. The van der Waals surface area contributed by atoms with Crippen molar-refractivity contribution in [2.75, 3.05) is 5.75 Å². The fourth-order valence-electron chi connectivity index (χ4n) is 3.33. The maximum absolute atomic E-state index is 13.6. The molecule has 6 nitrogen and oxygen atoms in total. The highest BCUT2D eigenvalue weighted by atomic mass is 35.5. The van der Waals surface area contributed by atoms with Crippen molar-refractivity contribution in [1.29, 1.82) is 0 Å². The van der Waals surface area contributed by atoms with Crippen LogP contribution in [0.4, 0.5) is 0 Å². The molecule has 9 heteroatoms. The number of thioether (sulfide) groups is 1. The molecule has 0 bridgehead atoms. The first kappa shape index (κ1) is 20.8. The number of fused-ring (bicyclic) bond motifs is 2. The molecule has 1 N–H and O–H groups in total. The van der Waals surface area contributed by atoms with Crippen LogP contribution in [-0.2, 0) is 11.3 Å². The molecule has 3 aromatic heterocycles. The number of halogens is 1. The average Bonchev–Trinajstić information content (AvgIpc) is 3.53. The van der Waals surface area contributed by atoms with Gasteiger partial charge in [-0.1, -0.05) is 53.7 Å². The Bertz CT molecular complexity index is 1440. The summed E-state index contributed by atoms with van der Waals surface area (Å²) in [7, 11) is 0. The highest BCUT2D eigenvalue weighted by Gasteiger charge is 2.24. The van der Waals surface area contributed by atoms with E-state index in [-0.39, 0.29) is 17.6 Å². The zero-order chi connectivity index (χ0) is 22.1. The van der Waals surface area contributed by atoms with Crippen molar-refractivity contribution in [3.63, 3.8) is 0 Å². The maximum atomic E-state index is 13.6. The van der Waals surface area contributed by atoms with Crippen LogP contribution in [-0.4, -0.2) is 27.1 Å². The van der Waals surface area contributed by atoms with Crippen molar-refractivity contribution in [1.82, 2.24) is 14.9 Å². The van der Waals surface area contributed by atoms with Crippen LogP contribution in [0.15, 0.2) is 76.5 Å². The number of thiophene rings is 1. The molecule has 0 aliphatic carbocycles. The monoisotopic (exact) mass is 481 g/mol. The first-order chi connectivity index (χ1) is 15.6. The summed E-state index contributed by atoms with van der Waals surface area (Å²) in [5.74, 6) is 0.336. The fraction of sp³-hybridized carbons (Fsp3) is 0.0870. The Kier molecular flexibility index (Phi) is 5.73. The van der Waals surface area contributed by atoms with Crippen LogP contribution in [0.5, 0.6) is 0 Å². The average molecular weight is 482 g/mol. The number of carbonyl (C=O) groups is 2. The predicted molar refractivity (Wildman–Crippen MR) is 128 cm³/mol. The van der Waals surface area contributed by atoms with Crippen molar-refractivity contribution in [3.8, 4) is 0 Å². The summed E-state index contributed by atoms with van der Waals surface area (Å²) in [6.07, 6.45) is 1.56. The van der Waals surface area contributed by atoms with Crippen LogP contribution in [0.1, 0.15) is 15.4 Å². The van der Waals surface area contributed by atoms with E-state index >= 15 is 0 Å². The number of carbonyl (C=O) groups excluding carboxylic acids is 2. The molecule has 0 fully saturated rings. The number of para-hydroxylation sites is 2. The lowest BCUT2D eigenvalue weighted by Gasteiger charge is -2.07. The van der Waals surface area contributed by atoms with E-state index in [1.165, 1.54) is 27.7 Å². The Balaban J connectivity index is 1.44. The molecule has 0 spiro atoms. The Labute approximate surface area is 196 Å². The van der Waals surface area contributed by atoms with Gasteiger partial charge >= 0.3 is 0 Å². The van der Waals surface area contributed by atoms with E-state index in [9.17, 15) is 9.59 Å². The molecule has 2 aromatic carbocycles. The molecular weight excluding hydrogens is 466 g/mol. The normalized spacial score (nSPS) is 11.3. The molecule has 0 aliphatic rings.